The van der Waals surface area contributed by atoms with Crippen molar-refractivity contribution >= 4 is 5.91 Å². The van der Waals surface area contributed by atoms with Crippen LogP contribution in [0, 0.1) is 30.1 Å². The molecule has 118 valence electrons. The molecular weight excluding hydrogens is 270 g/mol. The minimum Gasteiger partial charge on any atom is -0.349 e. The zero-order valence-electron chi connectivity index (χ0n) is 13.8. The van der Waals surface area contributed by atoms with E-state index in [0.29, 0.717) is 11.5 Å². The van der Waals surface area contributed by atoms with Crippen LogP contribution in [0.3, 0.4) is 0 Å². The van der Waals surface area contributed by atoms with Crippen molar-refractivity contribution in [3.05, 3.63) is 35.4 Å². The number of carbonyl (C=O) groups is 1. The monoisotopic (exact) mass is 297 g/mol. The van der Waals surface area contributed by atoms with Gasteiger partial charge in [0.15, 0.2) is 0 Å². The Bertz CT molecular complexity index is 556. The lowest BCUT2D eigenvalue weighted by atomic mass is 9.48. The molecule has 0 saturated heterocycles. The first-order valence-electron chi connectivity index (χ1n) is 8.92. The number of hydrogen-bond donors (Lipinski definition) is 1. The fraction of sp³-hybridized carbons (Fsp3) is 0.650. The smallest absolute Gasteiger partial charge is 0.251 e. The molecule has 5 rings (SSSR count). The largest absolute Gasteiger partial charge is 0.349 e. The Kier molecular flexibility index (Phi) is 3.32. The third-order valence-electron chi connectivity index (χ3n) is 6.63. The average Bonchev–Trinajstić information content (AvgIpc) is 2.45. The van der Waals surface area contributed by atoms with Crippen LogP contribution in [0.1, 0.15) is 61.4 Å². The van der Waals surface area contributed by atoms with Gasteiger partial charge in [0.1, 0.15) is 0 Å². The highest BCUT2D eigenvalue weighted by Gasteiger charge is 2.53. The second kappa shape index (κ2) is 5.11. The van der Waals surface area contributed by atoms with Crippen molar-refractivity contribution in [2.75, 3.05) is 0 Å². The van der Waals surface area contributed by atoms with Crippen molar-refractivity contribution in [2.24, 2.45) is 23.2 Å². The quantitative estimate of drug-likeness (QED) is 0.884. The van der Waals surface area contributed by atoms with Crippen LogP contribution >= 0.6 is 0 Å². The third-order valence-corrected chi connectivity index (χ3v) is 6.63. The third kappa shape index (κ3) is 2.37. The molecule has 2 nitrogen and oxygen atoms in total. The Balaban J connectivity index is 1.50. The van der Waals surface area contributed by atoms with Gasteiger partial charge in [-0.25, -0.2) is 0 Å². The number of benzene rings is 1. The van der Waals surface area contributed by atoms with E-state index in [4.69, 9.17) is 0 Å². The van der Waals surface area contributed by atoms with Crippen molar-refractivity contribution in [1.29, 1.82) is 0 Å². The van der Waals surface area contributed by atoms with E-state index in [-0.39, 0.29) is 5.91 Å². The Morgan fingerprint density at radius 1 is 1.14 bits per heavy atom. The summed E-state index contributed by atoms with van der Waals surface area (Å²) in [6, 6.07) is 8.23. The predicted molar refractivity (Wildman–Crippen MR) is 88.7 cm³/mol. The molecule has 1 aromatic rings. The average molecular weight is 297 g/mol. The molecule has 4 bridgehead atoms. The number of amides is 1. The van der Waals surface area contributed by atoms with Gasteiger partial charge in [-0.3, -0.25) is 4.79 Å². The number of rotatable bonds is 3. The molecule has 1 amide bonds. The summed E-state index contributed by atoms with van der Waals surface area (Å²) in [5.74, 6) is 2.91. The fourth-order valence-electron chi connectivity index (χ4n) is 5.93. The van der Waals surface area contributed by atoms with Crippen molar-refractivity contribution < 1.29 is 4.79 Å². The van der Waals surface area contributed by atoms with Crippen LogP contribution in [-0.2, 0) is 0 Å². The Labute approximate surface area is 133 Å². The van der Waals surface area contributed by atoms with Crippen molar-refractivity contribution in [2.45, 2.75) is 58.4 Å². The van der Waals surface area contributed by atoms with Gasteiger partial charge in [0.25, 0.3) is 5.91 Å². The second-order valence-electron chi connectivity index (χ2n) is 8.34. The van der Waals surface area contributed by atoms with Gasteiger partial charge in [-0.05, 0) is 87.7 Å². The molecule has 2 heteroatoms. The highest BCUT2D eigenvalue weighted by Crippen LogP contribution is 2.61. The van der Waals surface area contributed by atoms with Crippen molar-refractivity contribution in [1.82, 2.24) is 5.32 Å². The first-order valence-corrected chi connectivity index (χ1v) is 8.92. The lowest BCUT2D eigenvalue weighted by molar-refractivity contribution is -0.0688. The van der Waals surface area contributed by atoms with Crippen molar-refractivity contribution in [3.63, 3.8) is 0 Å². The highest BCUT2D eigenvalue weighted by molar-refractivity contribution is 5.94. The van der Waals surface area contributed by atoms with Crippen LogP contribution in [0.25, 0.3) is 0 Å². The number of hydrogen-bond acceptors (Lipinski definition) is 1. The van der Waals surface area contributed by atoms with Gasteiger partial charge in [-0.1, -0.05) is 17.7 Å². The zero-order chi connectivity index (χ0) is 15.3. The molecule has 1 N–H and O–H groups in total. The molecule has 0 unspecified atom stereocenters. The summed E-state index contributed by atoms with van der Waals surface area (Å²) in [7, 11) is 0. The van der Waals surface area contributed by atoms with Crippen molar-refractivity contribution in [3.8, 4) is 0 Å². The van der Waals surface area contributed by atoms with E-state index < -0.39 is 0 Å². The van der Waals surface area contributed by atoms with Crippen LogP contribution in [0.4, 0.5) is 0 Å². The SMILES string of the molecule is Cc1cccc(C(=O)N[C@H](C)C23CC4CC(CC(C4)C2)C3)c1. The van der Waals surface area contributed by atoms with Gasteiger partial charge in [0, 0.05) is 11.6 Å². The first kappa shape index (κ1) is 14.3. The highest BCUT2D eigenvalue weighted by atomic mass is 16.1. The van der Waals surface area contributed by atoms with Crippen LogP contribution in [0.5, 0.6) is 0 Å². The van der Waals surface area contributed by atoms with Crippen LogP contribution in [0.15, 0.2) is 24.3 Å². The summed E-state index contributed by atoms with van der Waals surface area (Å²) in [5.41, 5.74) is 2.33. The maximum atomic E-state index is 12.6. The predicted octanol–water partition coefficient (Wildman–Crippen LogP) is 4.33. The summed E-state index contributed by atoms with van der Waals surface area (Å²) in [6.45, 7) is 4.29. The molecule has 0 spiro atoms. The summed E-state index contributed by atoms with van der Waals surface area (Å²) < 4.78 is 0. The summed E-state index contributed by atoms with van der Waals surface area (Å²) >= 11 is 0. The van der Waals surface area contributed by atoms with E-state index in [1.165, 1.54) is 38.5 Å². The molecule has 0 radical (unpaired) electrons. The summed E-state index contributed by atoms with van der Waals surface area (Å²) in [6.07, 6.45) is 8.39. The molecular formula is C20H27NO. The van der Waals surface area contributed by atoms with Crippen LogP contribution in [-0.4, -0.2) is 11.9 Å². The Morgan fingerprint density at radius 2 is 1.73 bits per heavy atom. The summed E-state index contributed by atoms with van der Waals surface area (Å²) in [4.78, 5) is 12.6. The van der Waals surface area contributed by atoms with Gasteiger partial charge in [-0.2, -0.15) is 0 Å². The van der Waals surface area contributed by atoms with Gasteiger partial charge in [-0.15, -0.1) is 0 Å². The molecule has 22 heavy (non-hydrogen) atoms. The lowest BCUT2D eigenvalue weighted by Gasteiger charge is -2.59. The molecule has 4 aliphatic carbocycles. The number of carbonyl (C=O) groups excluding carboxylic acids is 1. The van der Waals surface area contributed by atoms with E-state index in [0.717, 1.165) is 28.9 Å². The molecule has 1 aromatic carbocycles. The topological polar surface area (TPSA) is 29.1 Å². The molecule has 4 aliphatic rings. The minimum absolute atomic E-state index is 0.104. The standard InChI is InChI=1S/C20H27NO/c1-13-4-3-5-18(6-13)19(22)21-14(2)20-10-15-7-16(11-20)9-17(8-15)12-20/h3-6,14-17H,7-12H2,1-2H3,(H,21,22)/t14-,15?,16?,17?,20?/m1/s1. The van der Waals surface area contributed by atoms with Crippen LogP contribution in [0.2, 0.25) is 0 Å². The molecule has 1 atom stereocenters. The molecule has 4 saturated carbocycles. The van der Waals surface area contributed by atoms with Gasteiger partial charge in [0.05, 0.1) is 0 Å². The maximum absolute atomic E-state index is 12.6. The molecule has 0 aliphatic heterocycles. The Hall–Kier alpha value is -1.31. The van der Waals surface area contributed by atoms with E-state index in [9.17, 15) is 4.79 Å². The molecule has 4 fully saturated rings. The number of nitrogens with one attached hydrogen (secondary N) is 1. The molecule has 0 heterocycles. The van der Waals surface area contributed by atoms with E-state index in [1.807, 2.05) is 31.2 Å². The van der Waals surface area contributed by atoms with Gasteiger partial charge >= 0.3 is 0 Å². The Morgan fingerprint density at radius 3 is 2.27 bits per heavy atom. The van der Waals surface area contributed by atoms with E-state index >= 15 is 0 Å². The van der Waals surface area contributed by atoms with Crippen LogP contribution < -0.4 is 5.32 Å². The summed E-state index contributed by atoms with van der Waals surface area (Å²) in [5, 5.41) is 3.34. The normalized spacial score (nSPS) is 37.1. The second-order valence-corrected chi connectivity index (χ2v) is 8.34. The minimum atomic E-state index is 0.104. The number of aryl methyl sites for hydroxylation is 1. The van der Waals surface area contributed by atoms with E-state index in [1.54, 1.807) is 0 Å². The van der Waals surface area contributed by atoms with E-state index in [2.05, 4.69) is 12.2 Å². The first-order chi connectivity index (χ1) is 10.5. The maximum Gasteiger partial charge on any atom is 0.251 e. The zero-order valence-corrected chi connectivity index (χ0v) is 13.8. The lowest BCUT2D eigenvalue weighted by Crippen LogP contribution is -2.55. The fourth-order valence-corrected chi connectivity index (χ4v) is 5.93. The van der Waals surface area contributed by atoms with Gasteiger partial charge < -0.3 is 5.32 Å². The van der Waals surface area contributed by atoms with Gasteiger partial charge in [0.2, 0.25) is 0 Å². The molecule has 0 aromatic heterocycles.